The second-order valence-electron chi connectivity index (χ2n) is 7.97. The van der Waals surface area contributed by atoms with E-state index in [1.807, 2.05) is 36.4 Å². The van der Waals surface area contributed by atoms with Gasteiger partial charge in [-0.15, -0.1) is 0 Å². The number of benzene rings is 4. The zero-order valence-electron chi connectivity index (χ0n) is 18.7. The lowest BCUT2D eigenvalue weighted by atomic mass is 10.0. The molecule has 0 aliphatic heterocycles. The molecule has 0 N–H and O–H groups in total. The van der Waals surface area contributed by atoms with Crippen molar-refractivity contribution in [3.63, 3.8) is 0 Å². The van der Waals surface area contributed by atoms with Crippen LogP contribution in [-0.2, 0) is 12.8 Å². The average molecular weight is 419 g/mol. The lowest BCUT2D eigenvalue weighted by Crippen LogP contribution is -1.88. The molecule has 0 unspecified atom stereocenters. The molecule has 0 spiro atoms. The molecule has 4 aromatic carbocycles. The normalized spacial score (nSPS) is 11.0. The molecule has 0 radical (unpaired) electrons. The Morgan fingerprint density at radius 3 is 2.16 bits per heavy atom. The predicted octanol–water partition coefficient (Wildman–Crippen LogP) is 8.12. The smallest absolute Gasteiger partial charge is 0.146 e. The van der Waals surface area contributed by atoms with E-state index in [-0.39, 0.29) is 5.82 Å². The van der Waals surface area contributed by atoms with Gasteiger partial charge in [0.25, 0.3) is 0 Å². The van der Waals surface area contributed by atoms with Gasteiger partial charge in [-0.1, -0.05) is 91.6 Å². The summed E-state index contributed by atoms with van der Waals surface area (Å²) in [6.07, 6.45) is 7.36. The van der Waals surface area contributed by atoms with Crippen LogP contribution in [0.5, 0.6) is 0 Å². The van der Waals surface area contributed by atoms with Gasteiger partial charge in [0.15, 0.2) is 0 Å². The average Bonchev–Trinajstić information content (AvgIpc) is 2.84. The Balaban J connectivity index is 1.51. The summed E-state index contributed by atoms with van der Waals surface area (Å²) in [5.41, 5.74) is 6.19. The van der Waals surface area contributed by atoms with Gasteiger partial charge in [0.05, 0.1) is 5.56 Å². The van der Waals surface area contributed by atoms with Crippen LogP contribution >= 0.6 is 0 Å². The highest BCUT2D eigenvalue weighted by Gasteiger charge is 2.06. The SMILES string of the molecule is C/C=C/CCc1ccc(-c2ccc(C#Cc3ccc4cc(CC)ccc4c3F)cc2)cc1. The molecule has 0 saturated heterocycles. The van der Waals surface area contributed by atoms with Gasteiger partial charge in [0.1, 0.15) is 5.82 Å². The van der Waals surface area contributed by atoms with Gasteiger partial charge in [0, 0.05) is 10.9 Å². The van der Waals surface area contributed by atoms with Gasteiger partial charge in [-0.3, -0.25) is 0 Å². The van der Waals surface area contributed by atoms with Gasteiger partial charge < -0.3 is 0 Å². The third-order valence-corrected chi connectivity index (χ3v) is 5.78. The third-order valence-electron chi connectivity index (χ3n) is 5.78. The van der Waals surface area contributed by atoms with Crippen molar-refractivity contribution in [2.75, 3.05) is 0 Å². The monoisotopic (exact) mass is 418 g/mol. The first kappa shape index (κ1) is 21.6. The molecule has 0 bridgehead atoms. The number of rotatable bonds is 5. The maximum absolute atomic E-state index is 14.9. The van der Waals surface area contributed by atoms with Crippen LogP contribution in [0.15, 0.2) is 91.0 Å². The largest absolute Gasteiger partial charge is 0.205 e. The number of allylic oxidation sites excluding steroid dienone is 2. The van der Waals surface area contributed by atoms with Gasteiger partial charge in [0.2, 0.25) is 0 Å². The van der Waals surface area contributed by atoms with Gasteiger partial charge in [-0.05, 0) is 72.0 Å². The van der Waals surface area contributed by atoms with E-state index in [4.69, 9.17) is 0 Å². The summed E-state index contributed by atoms with van der Waals surface area (Å²) < 4.78 is 14.9. The Hall–Kier alpha value is -3.63. The Bertz CT molecular complexity index is 1300. The van der Waals surface area contributed by atoms with Crippen LogP contribution in [-0.4, -0.2) is 0 Å². The molecule has 4 rings (SSSR count). The quantitative estimate of drug-likeness (QED) is 0.227. The number of hydrogen-bond acceptors (Lipinski definition) is 0. The molecule has 0 heterocycles. The highest BCUT2D eigenvalue weighted by Crippen LogP contribution is 2.23. The zero-order chi connectivity index (χ0) is 22.3. The van der Waals surface area contributed by atoms with Gasteiger partial charge in [-0.25, -0.2) is 4.39 Å². The number of fused-ring (bicyclic) bond motifs is 1. The fourth-order valence-electron chi connectivity index (χ4n) is 3.82. The molecule has 0 aliphatic rings. The number of halogens is 1. The molecular weight excluding hydrogens is 391 g/mol. The fourth-order valence-corrected chi connectivity index (χ4v) is 3.82. The van der Waals surface area contributed by atoms with E-state index in [1.54, 1.807) is 6.07 Å². The summed E-state index contributed by atoms with van der Waals surface area (Å²) in [6, 6.07) is 26.5. The Morgan fingerprint density at radius 1 is 0.781 bits per heavy atom. The molecule has 0 fully saturated rings. The first-order valence-corrected chi connectivity index (χ1v) is 11.2. The molecule has 1 heteroatoms. The van der Waals surface area contributed by atoms with Crippen molar-refractivity contribution in [3.05, 3.63) is 119 Å². The predicted molar refractivity (Wildman–Crippen MR) is 134 cm³/mol. The standard InChI is InChI=1S/C31H27F/c1-3-5-6-7-24-8-14-26(15-9-24)27-16-10-25(11-17-27)12-18-28-19-20-29-22-23(4-2)13-21-30(29)31(28)32/h3,5,8-11,13-17,19-22H,4,6-7H2,1-2H3/b5-3+. The van der Waals surface area contributed by atoms with Crippen molar-refractivity contribution < 1.29 is 4.39 Å². The Morgan fingerprint density at radius 2 is 1.47 bits per heavy atom. The molecule has 0 aliphatic carbocycles. The van der Waals surface area contributed by atoms with E-state index in [2.05, 4.69) is 74.2 Å². The molecule has 4 aromatic rings. The van der Waals surface area contributed by atoms with E-state index in [1.165, 1.54) is 16.7 Å². The number of aryl methyl sites for hydroxylation is 2. The first-order valence-electron chi connectivity index (χ1n) is 11.2. The molecule has 158 valence electrons. The second kappa shape index (κ2) is 10.1. The molecule has 0 aromatic heterocycles. The minimum atomic E-state index is -0.246. The summed E-state index contributed by atoms with van der Waals surface area (Å²) >= 11 is 0. The zero-order valence-corrected chi connectivity index (χ0v) is 18.7. The molecule has 0 saturated carbocycles. The fraction of sp³-hybridized carbons (Fsp3) is 0.161. The van der Waals surface area contributed by atoms with Gasteiger partial charge in [-0.2, -0.15) is 0 Å². The Labute approximate surface area is 190 Å². The molecule has 0 atom stereocenters. The molecule has 32 heavy (non-hydrogen) atoms. The minimum Gasteiger partial charge on any atom is -0.205 e. The molecule has 0 amide bonds. The third kappa shape index (κ3) is 4.98. The molecular formula is C31H27F. The van der Waals surface area contributed by atoms with Crippen LogP contribution in [0.1, 0.15) is 42.5 Å². The summed E-state index contributed by atoms with van der Waals surface area (Å²) in [5.74, 6) is 5.87. The Kier molecular flexibility index (Phi) is 6.83. The lowest BCUT2D eigenvalue weighted by Gasteiger charge is -2.05. The highest BCUT2D eigenvalue weighted by molar-refractivity contribution is 5.85. The van der Waals surface area contributed by atoms with Crippen molar-refractivity contribution in [1.82, 2.24) is 0 Å². The van der Waals surface area contributed by atoms with Crippen LogP contribution in [0.2, 0.25) is 0 Å². The summed E-state index contributed by atoms with van der Waals surface area (Å²) in [5, 5.41) is 1.54. The second-order valence-corrected chi connectivity index (χ2v) is 7.97. The van der Waals surface area contributed by atoms with E-state index < -0.39 is 0 Å². The van der Waals surface area contributed by atoms with Crippen LogP contribution in [0, 0.1) is 17.7 Å². The van der Waals surface area contributed by atoms with Crippen molar-refractivity contribution in [2.24, 2.45) is 0 Å². The van der Waals surface area contributed by atoms with E-state index in [0.717, 1.165) is 35.8 Å². The lowest BCUT2D eigenvalue weighted by molar-refractivity contribution is 0.636. The van der Waals surface area contributed by atoms with Crippen LogP contribution in [0.3, 0.4) is 0 Å². The maximum atomic E-state index is 14.9. The highest BCUT2D eigenvalue weighted by atomic mass is 19.1. The maximum Gasteiger partial charge on any atom is 0.146 e. The van der Waals surface area contributed by atoms with Gasteiger partial charge >= 0.3 is 0 Å². The van der Waals surface area contributed by atoms with Crippen molar-refractivity contribution in [1.29, 1.82) is 0 Å². The minimum absolute atomic E-state index is 0.246. The summed E-state index contributed by atoms with van der Waals surface area (Å²) in [4.78, 5) is 0. The van der Waals surface area contributed by atoms with E-state index in [0.29, 0.717) is 10.9 Å². The van der Waals surface area contributed by atoms with Crippen LogP contribution < -0.4 is 0 Å². The van der Waals surface area contributed by atoms with Crippen LogP contribution in [0.4, 0.5) is 4.39 Å². The molecule has 0 nitrogen and oxygen atoms in total. The first-order chi connectivity index (χ1) is 15.7. The van der Waals surface area contributed by atoms with Crippen molar-refractivity contribution in [2.45, 2.75) is 33.1 Å². The van der Waals surface area contributed by atoms with E-state index >= 15 is 0 Å². The van der Waals surface area contributed by atoms with E-state index in [9.17, 15) is 4.39 Å². The van der Waals surface area contributed by atoms with Crippen molar-refractivity contribution >= 4 is 10.8 Å². The number of hydrogen-bond donors (Lipinski definition) is 0. The summed E-state index contributed by atoms with van der Waals surface area (Å²) in [6.45, 7) is 4.15. The summed E-state index contributed by atoms with van der Waals surface area (Å²) in [7, 11) is 0. The topological polar surface area (TPSA) is 0 Å². The van der Waals surface area contributed by atoms with Crippen LogP contribution in [0.25, 0.3) is 21.9 Å². The van der Waals surface area contributed by atoms with Crippen molar-refractivity contribution in [3.8, 4) is 23.0 Å².